The lowest BCUT2D eigenvalue weighted by Crippen LogP contribution is -2.68. The Morgan fingerprint density at radius 2 is 1.89 bits per heavy atom. The molecule has 1 heterocycles. The molecular weight excluding hydrogens is 346 g/mol. The molecule has 3 N–H and O–H groups in total. The van der Waals surface area contributed by atoms with Gasteiger partial charge in [0.1, 0.15) is 23.3 Å². The van der Waals surface area contributed by atoms with E-state index in [1.807, 2.05) is 32.0 Å². The van der Waals surface area contributed by atoms with Crippen LogP contribution in [0.1, 0.15) is 20.3 Å². The van der Waals surface area contributed by atoms with Crippen molar-refractivity contribution in [1.29, 1.82) is 0 Å². The molecule has 2 aromatic carbocycles. The van der Waals surface area contributed by atoms with Crippen molar-refractivity contribution in [3.8, 4) is 17.2 Å². The van der Waals surface area contributed by atoms with E-state index in [2.05, 4.69) is 5.73 Å². The summed E-state index contributed by atoms with van der Waals surface area (Å²) in [7, 11) is 0. The van der Waals surface area contributed by atoms with Gasteiger partial charge in [-0.05, 0) is 30.7 Å². The minimum Gasteiger partial charge on any atom is -0.460 e. The van der Waals surface area contributed by atoms with Gasteiger partial charge in [-0.2, -0.15) is 0 Å². The molecule has 2 atom stereocenters. The highest BCUT2D eigenvalue weighted by atomic mass is 16.5. The van der Waals surface area contributed by atoms with E-state index >= 15 is 0 Å². The minimum absolute atomic E-state index is 0.0908. The van der Waals surface area contributed by atoms with Gasteiger partial charge in [-0.25, -0.2) is 4.79 Å². The van der Waals surface area contributed by atoms with Gasteiger partial charge in [0.15, 0.2) is 6.04 Å². The van der Waals surface area contributed by atoms with E-state index in [1.165, 1.54) is 12.3 Å². The normalized spacial score (nSPS) is 13.1. The summed E-state index contributed by atoms with van der Waals surface area (Å²) >= 11 is 0. The lowest BCUT2D eigenvalue weighted by molar-refractivity contribution is -0.418. The number of carbonyl (C=O) groups excluding carboxylic acids is 1. The van der Waals surface area contributed by atoms with Crippen LogP contribution in [0.15, 0.2) is 64.0 Å². The van der Waals surface area contributed by atoms with E-state index < -0.39 is 12.0 Å². The molecule has 0 saturated carbocycles. The molecule has 0 amide bonds. The van der Waals surface area contributed by atoms with Crippen LogP contribution in [0.3, 0.4) is 0 Å². The summed E-state index contributed by atoms with van der Waals surface area (Å²) in [5.74, 6) is 0.655. The van der Waals surface area contributed by atoms with E-state index in [1.54, 1.807) is 24.3 Å². The average molecular weight is 368 g/mol. The highest BCUT2D eigenvalue weighted by Gasteiger charge is 2.25. The fourth-order valence-corrected chi connectivity index (χ4v) is 2.55. The van der Waals surface area contributed by atoms with Crippen LogP contribution in [0.4, 0.5) is 0 Å². The molecule has 27 heavy (non-hydrogen) atoms. The molecule has 2 unspecified atom stereocenters. The van der Waals surface area contributed by atoms with Crippen LogP contribution in [0.25, 0.3) is 11.0 Å². The molecule has 0 bridgehead atoms. The lowest BCUT2D eigenvalue weighted by Gasteiger charge is -2.13. The number of ether oxygens (including phenoxy) is 2. The number of carbonyl (C=O) groups is 1. The molecule has 140 valence electrons. The highest BCUT2D eigenvalue weighted by molar-refractivity contribution is 5.81. The number of rotatable bonds is 6. The maximum Gasteiger partial charge on any atom is 0.370 e. The topological polar surface area (TPSA) is 93.4 Å². The summed E-state index contributed by atoms with van der Waals surface area (Å²) in [4.78, 5) is 24.8. The molecular formula is C21H22NO5+. The Hall–Kier alpha value is -3.12. The number of benzene rings is 2. The third kappa shape index (κ3) is 4.17. The second-order valence-corrected chi connectivity index (χ2v) is 6.42. The molecule has 0 radical (unpaired) electrons. The smallest absolute Gasteiger partial charge is 0.370 e. The second kappa shape index (κ2) is 8.05. The number of para-hydroxylation sites is 1. The van der Waals surface area contributed by atoms with Crippen LogP contribution in [-0.4, -0.2) is 12.0 Å². The van der Waals surface area contributed by atoms with Gasteiger partial charge in [0.05, 0.1) is 5.39 Å². The van der Waals surface area contributed by atoms with Crippen molar-refractivity contribution in [3.63, 3.8) is 0 Å². The monoisotopic (exact) mass is 368 g/mol. The van der Waals surface area contributed by atoms with E-state index in [4.69, 9.17) is 13.9 Å². The third-order valence-electron chi connectivity index (χ3n) is 4.54. The van der Waals surface area contributed by atoms with Crippen molar-refractivity contribution in [2.24, 2.45) is 5.92 Å². The average Bonchev–Trinajstić information content (AvgIpc) is 2.69. The molecule has 0 fully saturated rings. The molecule has 3 aromatic rings. The summed E-state index contributed by atoms with van der Waals surface area (Å²) < 4.78 is 16.5. The van der Waals surface area contributed by atoms with E-state index in [9.17, 15) is 9.59 Å². The maximum absolute atomic E-state index is 12.6. The van der Waals surface area contributed by atoms with Crippen LogP contribution in [0, 0.1) is 5.92 Å². The van der Waals surface area contributed by atoms with Gasteiger partial charge in [0.2, 0.25) is 11.2 Å². The third-order valence-corrected chi connectivity index (χ3v) is 4.54. The van der Waals surface area contributed by atoms with Crippen LogP contribution in [-0.2, 0) is 4.79 Å². The van der Waals surface area contributed by atoms with E-state index in [0.29, 0.717) is 22.5 Å². The van der Waals surface area contributed by atoms with Crippen molar-refractivity contribution >= 4 is 16.9 Å². The number of quaternary nitrogens is 1. The molecule has 1 aromatic heterocycles. The molecule has 0 aliphatic heterocycles. The Labute approximate surface area is 156 Å². The zero-order valence-electron chi connectivity index (χ0n) is 15.3. The first-order valence-corrected chi connectivity index (χ1v) is 8.82. The fraction of sp³-hybridized carbons (Fsp3) is 0.238. The predicted octanol–water partition coefficient (Wildman–Crippen LogP) is 3.15. The lowest BCUT2D eigenvalue weighted by atomic mass is 10.0. The SMILES string of the molecule is CCC(C)C([NH3+])C(=O)Oc1ccc2c(=O)c(Oc3ccccc3)coc2c1. The summed E-state index contributed by atoms with van der Waals surface area (Å²) in [5.41, 5.74) is 3.88. The van der Waals surface area contributed by atoms with Crippen molar-refractivity contribution in [2.75, 3.05) is 0 Å². The largest absolute Gasteiger partial charge is 0.460 e. The molecule has 6 nitrogen and oxygen atoms in total. The molecule has 0 spiro atoms. The van der Waals surface area contributed by atoms with E-state index in [-0.39, 0.29) is 17.1 Å². The van der Waals surface area contributed by atoms with Crippen LogP contribution < -0.4 is 20.6 Å². The number of esters is 1. The summed E-state index contributed by atoms with van der Waals surface area (Å²) in [6.07, 6.45) is 2.09. The first kappa shape index (κ1) is 18.7. The van der Waals surface area contributed by atoms with Gasteiger partial charge < -0.3 is 19.6 Å². The van der Waals surface area contributed by atoms with Gasteiger partial charge in [0.25, 0.3) is 0 Å². The number of fused-ring (bicyclic) bond motifs is 1. The Morgan fingerprint density at radius 1 is 1.15 bits per heavy atom. The number of hydrogen-bond acceptors (Lipinski definition) is 5. The Balaban J connectivity index is 1.84. The van der Waals surface area contributed by atoms with Gasteiger partial charge in [-0.1, -0.05) is 32.0 Å². The van der Waals surface area contributed by atoms with Crippen molar-refractivity contribution in [3.05, 3.63) is 65.0 Å². The Morgan fingerprint density at radius 3 is 2.59 bits per heavy atom. The fourth-order valence-electron chi connectivity index (χ4n) is 2.55. The second-order valence-electron chi connectivity index (χ2n) is 6.42. The van der Waals surface area contributed by atoms with Crippen LogP contribution >= 0.6 is 0 Å². The van der Waals surface area contributed by atoms with Crippen molar-refractivity contribution < 1.29 is 24.4 Å². The van der Waals surface area contributed by atoms with Gasteiger partial charge in [-0.3, -0.25) is 4.79 Å². The van der Waals surface area contributed by atoms with Crippen LogP contribution in [0.2, 0.25) is 0 Å². The molecule has 0 aliphatic rings. The molecule has 3 rings (SSSR count). The van der Waals surface area contributed by atoms with Gasteiger partial charge >= 0.3 is 5.97 Å². The maximum atomic E-state index is 12.6. The van der Waals surface area contributed by atoms with Crippen molar-refractivity contribution in [2.45, 2.75) is 26.3 Å². The first-order chi connectivity index (χ1) is 13.0. The standard InChI is InChI=1S/C21H21NO5/c1-3-13(2)19(22)21(24)27-15-9-10-16-17(11-15)25-12-18(20(16)23)26-14-7-5-4-6-8-14/h4-13,19H,3,22H2,1-2H3/p+1. The Bertz CT molecular complexity index is 996. The summed E-state index contributed by atoms with van der Waals surface area (Å²) in [5, 5.41) is 0.344. The zero-order chi connectivity index (χ0) is 19.4. The molecule has 0 saturated heterocycles. The van der Waals surface area contributed by atoms with E-state index in [0.717, 1.165) is 6.42 Å². The van der Waals surface area contributed by atoms with Gasteiger partial charge in [0, 0.05) is 12.0 Å². The van der Waals surface area contributed by atoms with Crippen LogP contribution in [0.5, 0.6) is 17.2 Å². The minimum atomic E-state index is -0.459. The van der Waals surface area contributed by atoms with Gasteiger partial charge in [-0.15, -0.1) is 0 Å². The zero-order valence-corrected chi connectivity index (χ0v) is 15.3. The Kier molecular flexibility index (Phi) is 5.57. The first-order valence-electron chi connectivity index (χ1n) is 8.82. The van der Waals surface area contributed by atoms with Crippen molar-refractivity contribution in [1.82, 2.24) is 0 Å². The summed E-state index contributed by atoms with van der Waals surface area (Å²) in [6, 6.07) is 13.2. The highest BCUT2D eigenvalue weighted by Crippen LogP contribution is 2.24. The quantitative estimate of drug-likeness (QED) is 0.533. The predicted molar refractivity (Wildman–Crippen MR) is 101 cm³/mol. The summed E-state index contributed by atoms with van der Waals surface area (Å²) in [6.45, 7) is 3.95. The molecule has 0 aliphatic carbocycles. The number of hydrogen-bond donors (Lipinski definition) is 1. The molecule has 6 heteroatoms.